The Hall–Kier alpha value is -3.86. The van der Waals surface area contributed by atoms with Crippen LogP contribution in [0.2, 0.25) is 0 Å². The summed E-state index contributed by atoms with van der Waals surface area (Å²) in [5.41, 5.74) is 4.31. The SMILES string of the molecule is c1ccc2cc(C(c3ccc(OCC4CS4)cc3)(c3ccc(OCC4CS4)cc3)c3cccc4ccccc34)ccc2c1. The molecule has 0 bridgehead atoms. The minimum atomic E-state index is -0.583. The topological polar surface area (TPSA) is 18.5 Å². The van der Waals surface area contributed by atoms with Crippen molar-refractivity contribution in [3.8, 4) is 11.5 Å². The van der Waals surface area contributed by atoms with E-state index in [1.54, 1.807) is 0 Å². The highest BCUT2D eigenvalue weighted by Gasteiger charge is 2.40. The molecule has 2 unspecified atom stereocenters. The third-order valence-corrected chi connectivity index (χ3v) is 10.5. The van der Waals surface area contributed by atoms with Crippen molar-refractivity contribution in [1.82, 2.24) is 0 Å². The van der Waals surface area contributed by atoms with Gasteiger partial charge in [-0.3, -0.25) is 0 Å². The van der Waals surface area contributed by atoms with E-state index in [1.807, 2.05) is 23.5 Å². The highest BCUT2D eigenvalue weighted by atomic mass is 32.2. The maximum Gasteiger partial charge on any atom is 0.119 e. The molecule has 0 saturated carbocycles. The van der Waals surface area contributed by atoms with Crippen LogP contribution in [0.4, 0.5) is 0 Å². The van der Waals surface area contributed by atoms with Crippen LogP contribution in [-0.2, 0) is 5.41 Å². The fourth-order valence-electron chi connectivity index (χ4n) is 6.25. The summed E-state index contributed by atoms with van der Waals surface area (Å²) in [6, 6.07) is 48.7. The molecule has 2 heterocycles. The zero-order valence-corrected chi connectivity index (χ0v) is 25.5. The molecule has 6 aromatic carbocycles. The van der Waals surface area contributed by atoms with Gasteiger partial charge in [-0.1, -0.05) is 103 Å². The molecule has 43 heavy (non-hydrogen) atoms. The molecule has 8 rings (SSSR count). The molecule has 0 aliphatic carbocycles. The second-order valence-corrected chi connectivity index (χ2v) is 14.1. The Morgan fingerprint density at radius 3 is 1.63 bits per heavy atom. The van der Waals surface area contributed by atoms with Crippen molar-refractivity contribution in [3.05, 3.63) is 156 Å². The number of hydrogen-bond acceptors (Lipinski definition) is 4. The van der Waals surface area contributed by atoms with Gasteiger partial charge in [-0.05, 0) is 74.1 Å². The van der Waals surface area contributed by atoms with Crippen LogP contribution in [0.1, 0.15) is 22.3 Å². The van der Waals surface area contributed by atoms with Gasteiger partial charge in [0, 0.05) is 22.0 Å². The molecule has 6 aromatic rings. The molecule has 0 radical (unpaired) electrons. The first kappa shape index (κ1) is 26.7. The molecular formula is C39H32O2S2. The summed E-state index contributed by atoms with van der Waals surface area (Å²) in [6.45, 7) is 1.54. The largest absolute Gasteiger partial charge is 0.492 e. The Morgan fingerprint density at radius 2 is 1.02 bits per heavy atom. The molecule has 2 atom stereocenters. The number of hydrogen-bond donors (Lipinski definition) is 0. The van der Waals surface area contributed by atoms with Crippen LogP contribution >= 0.6 is 23.5 Å². The van der Waals surface area contributed by atoms with Crippen molar-refractivity contribution in [2.75, 3.05) is 24.7 Å². The summed E-state index contributed by atoms with van der Waals surface area (Å²) >= 11 is 3.92. The van der Waals surface area contributed by atoms with E-state index in [4.69, 9.17) is 9.47 Å². The van der Waals surface area contributed by atoms with E-state index in [0.717, 1.165) is 24.7 Å². The van der Waals surface area contributed by atoms with Crippen LogP contribution in [0.5, 0.6) is 11.5 Å². The van der Waals surface area contributed by atoms with Crippen molar-refractivity contribution < 1.29 is 9.47 Å². The first-order chi connectivity index (χ1) is 21.3. The lowest BCUT2D eigenvalue weighted by atomic mass is 9.64. The molecule has 0 N–H and O–H groups in total. The summed E-state index contributed by atoms with van der Waals surface area (Å²) in [6.07, 6.45) is 0. The molecule has 212 valence electrons. The predicted octanol–water partition coefficient (Wildman–Crippen LogP) is 9.36. The van der Waals surface area contributed by atoms with Gasteiger partial charge in [0.25, 0.3) is 0 Å². The predicted molar refractivity (Wildman–Crippen MR) is 183 cm³/mol. The van der Waals surface area contributed by atoms with Gasteiger partial charge in [-0.15, -0.1) is 0 Å². The molecule has 4 heteroatoms. The van der Waals surface area contributed by atoms with Crippen LogP contribution < -0.4 is 9.47 Å². The monoisotopic (exact) mass is 596 g/mol. The van der Waals surface area contributed by atoms with Crippen LogP contribution in [0.15, 0.2) is 133 Å². The summed E-state index contributed by atoms with van der Waals surface area (Å²) in [5, 5.41) is 6.21. The van der Waals surface area contributed by atoms with Gasteiger partial charge in [0.2, 0.25) is 0 Å². The zero-order chi connectivity index (χ0) is 28.6. The van der Waals surface area contributed by atoms with E-state index in [2.05, 4.69) is 133 Å². The Bertz CT molecular complexity index is 1830. The molecule has 2 fully saturated rings. The van der Waals surface area contributed by atoms with Gasteiger partial charge in [0.1, 0.15) is 24.7 Å². The third-order valence-electron chi connectivity index (χ3n) is 8.63. The molecular weight excluding hydrogens is 565 g/mol. The zero-order valence-electron chi connectivity index (χ0n) is 23.8. The van der Waals surface area contributed by atoms with Crippen molar-refractivity contribution in [3.63, 3.8) is 0 Å². The number of ether oxygens (including phenoxy) is 2. The lowest BCUT2D eigenvalue weighted by molar-refractivity contribution is 0.329. The molecule has 0 spiro atoms. The second kappa shape index (κ2) is 11.3. The third kappa shape index (κ3) is 5.28. The minimum absolute atomic E-state index is 0.583. The summed E-state index contributed by atoms with van der Waals surface area (Å²) < 4.78 is 12.3. The smallest absolute Gasteiger partial charge is 0.119 e. The number of fused-ring (bicyclic) bond motifs is 2. The number of rotatable bonds is 10. The van der Waals surface area contributed by atoms with Crippen LogP contribution in [0.25, 0.3) is 21.5 Å². The Morgan fingerprint density at radius 1 is 0.512 bits per heavy atom. The quantitative estimate of drug-likeness (QED) is 0.116. The highest BCUT2D eigenvalue weighted by molar-refractivity contribution is 8.07. The van der Waals surface area contributed by atoms with Gasteiger partial charge in [-0.25, -0.2) is 0 Å². The van der Waals surface area contributed by atoms with Crippen LogP contribution in [0, 0.1) is 0 Å². The van der Waals surface area contributed by atoms with Gasteiger partial charge >= 0.3 is 0 Å². The van der Waals surface area contributed by atoms with Gasteiger partial charge in [0.05, 0.1) is 5.41 Å². The normalized spacial score (nSPS) is 18.7. The number of benzene rings is 6. The van der Waals surface area contributed by atoms with Gasteiger partial charge in [-0.2, -0.15) is 23.5 Å². The Kier molecular flexibility index (Phi) is 7.05. The van der Waals surface area contributed by atoms with E-state index in [9.17, 15) is 0 Å². The molecule has 2 aliphatic rings. The first-order valence-electron chi connectivity index (χ1n) is 14.9. The average molecular weight is 597 g/mol. The summed E-state index contributed by atoms with van der Waals surface area (Å²) in [5.74, 6) is 4.24. The molecule has 2 aliphatic heterocycles. The fraction of sp³-hybridized carbons (Fsp3) is 0.179. The summed E-state index contributed by atoms with van der Waals surface area (Å²) in [4.78, 5) is 0. The Labute approximate surface area is 261 Å². The first-order valence-corrected chi connectivity index (χ1v) is 17.0. The van der Waals surface area contributed by atoms with E-state index >= 15 is 0 Å². The van der Waals surface area contributed by atoms with Crippen molar-refractivity contribution >= 4 is 45.1 Å². The van der Waals surface area contributed by atoms with E-state index in [0.29, 0.717) is 10.5 Å². The van der Waals surface area contributed by atoms with Crippen molar-refractivity contribution in [2.24, 2.45) is 0 Å². The second-order valence-electron chi connectivity index (χ2n) is 11.4. The standard InChI is InChI=1S/C39H32O2S2/c1-2-8-29-22-32(13-12-27(29)6-1)39(38-11-5-9-28-7-3-4-10-37(28)38,30-14-18-33(19-15-30)40-23-35-25-42-35)31-16-20-34(21-17-31)41-24-36-26-43-36/h1-22,35-36H,23-26H2. The molecule has 0 aromatic heterocycles. The minimum Gasteiger partial charge on any atom is -0.492 e. The van der Waals surface area contributed by atoms with Crippen LogP contribution in [-0.4, -0.2) is 35.2 Å². The van der Waals surface area contributed by atoms with E-state index in [1.165, 1.54) is 55.3 Å². The molecule has 2 saturated heterocycles. The lowest BCUT2D eigenvalue weighted by Gasteiger charge is -2.38. The Balaban J connectivity index is 1.36. The highest BCUT2D eigenvalue weighted by Crippen LogP contribution is 2.48. The molecule has 2 nitrogen and oxygen atoms in total. The average Bonchev–Trinajstić information content (AvgIpc) is 4.01. The summed E-state index contributed by atoms with van der Waals surface area (Å²) in [7, 11) is 0. The van der Waals surface area contributed by atoms with Crippen LogP contribution in [0.3, 0.4) is 0 Å². The van der Waals surface area contributed by atoms with Crippen molar-refractivity contribution in [2.45, 2.75) is 15.9 Å². The van der Waals surface area contributed by atoms with Gasteiger partial charge in [0.15, 0.2) is 0 Å². The van der Waals surface area contributed by atoms with E-state index in [-0.39, 0.29) is 0 Å². The van der Waals surface area contributed by atoms with E-state index < -0.39 is 5.41 Å². The van der Waals surface area contributed by atoms with Crippen molar-refractivity contribution in [1.29, 1.82) is 0 Å². The maximum absolute atomic E-state index is 6.17. The fourth-order valence-corrected chi connectivity index (χ4v) is 7.04. The molecule has 0 amide bonds. The lowest BCUT2D eigenvalue weighted by Crippen LogP contribution is -2.31. The maximum atomic E-state index is 6.17. The van der Waals surface area contributed by atoms with Gasteiger partial charge < -0.3 is 9.47 Å². The number of thioether (sulfide) groups is 2.